The van der Waals surface area contributed by atoms with Gasteiger partial charge in [-0.15, -0.1) is 18.2 Å². The number of alkyl halides is 1. The summed E-state index contributed by atoms with van der Waals surface area (Å²) in [5, 5.41) is 0. The van der Waals surface area contributed by atoms with Crippen LogP contribution in [0.4, 0.5) is 0 Å². The average molecular weight is 217 g/mol. The molecule has 4 N–H and O–H groups in total. The van der Waals surface area contributed by atoms with Crippen LogP contribution in [0.3, 0.4) is 0 Å². The van der Waals surface area contributed by atoms with Crippen molar-refractivity contribution in [3.63, 3.8) is 0 Å². The van der Waals surface area contributed by atoms with Gasteiger partial charge in [0, 0.05) is 12.1 Å². The van der Waals surface area contributed by atoms with Gasteiger partial charge in [0.1, 0.15) is 0 Å². The lowest BCUT2D eigenvalue weighted by Gasteiger charge is -2.16. The first-order chi connectivity index (χ1) is 6.61. The van der Waals surface area contributed by atoms with Gasteiger partial charge in [-0.3, -0.25) is 4.79 Å². The van der Waals surface area contributed by atoms with Gasteiger partial charge in [-0.2, -0.15) is 0 Å². The van der Waals surface area contributed by atoms with Crippen molar-refractivity contribution in [2.45, 2.75) is 24.9 Å². The molecule has 0 heterocycles. The quantitative estimate of drug-likeness (QED) is 0.379. The summed E-state index contributed by atoms with van der Waals surface area (Å²) in [6, 6.07) is -0.254. The molecule has 0 bridgehead atoms. The summed E-state index contributed by atoms with van der Waals surface area (Å²) in [4.78, 5) is 10.8. The van der Waals surface area contributed by atoms with Gasteiger partial charge in [0.25, 0.3) is 0 Å². The van der Waals surface area contributed by atoms with Gasteiger partial charge in [-0.1, -0.05) is 12.2 Å². The molecule has 2 atom stereocenters. The normalized spacial score (nSPS) is 15.4. The van der Waals surface area contributed by atoms with E-state index in [9.17, 15) is 4.79 Å². The van der Waals surface area contributed by atoms with Gasteiger partial charge in [0.2, 0.25) is 0 Å². The highest BCUT2D eigenvalue weighted by atomic mass is 35.5. The molecular weight excluding hydrogens is 200 g/mol. The van der Waals surface area contributed by atoms with E-state index in [1.807, 2.05) is 0 Å². The summed E-state index contributed by atoms with van der Waals surface area (Å²) >= 11 is 5.31. The zero-order valence-corrected chi connectivity index (χ0v) is 8.91. The summed E-state index contributed by atoms with van der Waals surface area (Å²) in [6.45, 7) is 3.58. The Morgan fingerprint density at radius 1 is 1.36 bits per heavy atom. The molecular formula is C10H17ClN2O. The van der Waals surface area contributed by atoms with Crippen LogP contribution in [0.2, 0.25) is 0 Å². The Morgan fingerprint density at radius 3 is 2.43 bits per heavy atom. The lowest BCUT2D eigenvalue weighted by Crippen LogP contribution is -2.40. The molecule has 0 aliphatic rings. The topological polar surface area (TPSA) is 69.1 Å². The predicted octanol–water partition coefficient (Wildman–Crippen LogP) is 0.971. The number of carbonyl (C=O) groups is 1. The monoisotopic (exact) mass is 216 g/mol. The molecule has 0 rings (SSSR count). The lowest BCUT2D eigenvalue weighted by atomic mass is 10.0. The summed E-state index contributed by atoms with van der Waals surface area (Å²) in [6.07, 6.45) is 6.14. The Kier molecular flexibility index (Phi) is 7.38. The predicted molar refractivity (Wildman–Crippen MR) is 60.2 cm³/mol. The molecule has 0 aromatic rings. The van der Waals surface area contributed by atoms with Gasteiger partial charge in [-0.25, -0.2) is 0 Å². The fourth-order valence-electron chi connectivity index (χ4n) is 0.943. The minimum absolute atomic E-state index is 0.00441. The van der Waals surface area contributed by atoms with Gasteiger partial charge < -0.3 is 11.5 Å². The van der Waals surface area contributed by atoms with Crippen molar-refractivity contribution in [1.82, 2.24) is 0 Å². The molecule has 0 saturated heterocycles. The minimum atomic E-state index is -0.146. The molecule has 2 unspecified atom stereocenters. The van der Waals surface area contributed by atoms with Crippen LogP contribution in [-0.4, -0.2) is 23.7 Å². The molecule has 0 amide bonds. The van der Waals surface area contributed by atoms with Gasteiger partial charge >= 0.3 is 0 Å². The third-order valence-corrected chi connectivity index (χ3v) is 2.10. The fourth-order valence-corrected chi connectivity index (χ4v) is 1.03. The van der Waals surface area contributed by atoms with Crippen molar-refractivity contribution >= 4 is 17.4 Å². The SMILES string of the molecule is C=CCC(N)C(N)C/C=C/C(=O)CCl. The number of carbonyl (C=O) groups excluding carboxylic acids is 1. The van der Waals surface area contributed by atoms with Crippen LogP contribution < -0.4 is 11.5 Å². The first-order valence-electron chi connectivity index (χ1n) is 4.49. The highest BCUT2D eigenvalue weighted by Crippen LogP contribution is 2.00. The number of hydrogen-bond donors (Lipinski definition) is 2. The molecule has 0 aromatic carbocycles. The smallest absolute Gasteiger partial charge is 0.170 e. The van der Waals surface area contributed by atoms with E-state index in [0.29, 0.717) is 12.8 Å². The van der Waals surface area contributed by atoms with Crippen LogP contribution in [-0.2, 0) is 4.79 Å². The molecule has 3 nitrogen and oxygen atoms in total. The van der Waals surface area contributed by atoms with Crippen LogP contribution in [0.1, 0.15) is 12.8 Å². The summed E-state index contributed by atoms with van der Waals surface area (Å²) in [5.74, 6) is -0.110. The zero-order valence-electron chi connectivity index (χ0n) is 8.16. The Morgan fingerprint density at radius 2 is 1.93 bits per heavy atom. The second-order valence-corrected chi connectivity index (χ2v) is 3.36. The Bertz CT molecular complexity index is 216. The van der Waals surface area contributed by atoms with E-state index in [0.717, 1.165) is 0 Å². The maximum Gasteiger partial charge on any atom is 0.170 e. The van der Waals surface area contributed by atoms with Crippen molar-refractivity contribution in [3.8, 4) is 0 Å². The maximum absolute atomic E-state index is 10.8. The van der Waals surface area contributed by atoms with E-state index in [1.165, 1.54) is 6.08 Å². The van der Waals surface area contributed by atoms with E-state index in [2.05, 4.69) is 6.58 Å². The van der Waals surface area contributed by atoms with E-state index in [1.54, 1.807) is 12.2 Å². The maximum atomic E-state index is 10.8. The Hall–Kier alpha value is -0.640. The molecule has 0 spiro atoms. The van der Waals surface area contributed by atoms with E-state index >= 15 is 0 Å². The number of halogens is 1. The first-order valence-corrected chi connectivity index (χ1v) is 5.02. The molecule has 80 valence electrons. The van der Waals surface area contributed by atoms with Crippen LogP contribution in [0, 0.1) is 0 Å². The zero-order chi connectivity index (χ0) is 11.0. The van der Waals surface area contributed by atoms with Crippen molar-refractivity contribution in [2.75, 3.05) is 5.88 Å². The molecule has 0 fully saturated rings. The van der Waals surface area contributed by atoms with Crippen molar-refractivity contribution in [2.24, 2.45) is 11.5 Å². The minimum Gasteiger partial charge on any atom is -0.326 e. The third-order valence-electron chi connectivity index (χ3n) is 1.83. The van der Waals surface area contributed by atoms with E-state index < -0.39 is 0 Å². The second kappa shape index (κ2) is 7.74. The van der Waals surface area contributed by atoms with Gasteiger partial charge in [-0.05, 0) is 18.9 Å². The number of hydrogen-bond acceptors (Lipinski definition) is 3. The largest absolute Gasteiger partial charge is 0.326 e. The fraction of sp³-hybridized carbons (Fsp3) is 0.500. The number of rotatable bonds is 7. The molecule has 0 saturated carbocycles. The molecule has 14 heavy (non-hydrogen) atoms. The summed E-state index contributed by atoms with van der Waals surface area (Å²) in [5.41, 5.74) is 11.5. The van der Waals surface area contributed by atoms with Crippen LogP contribution in [0.5, 0.6) is 0 Å². The third kappa shape index (κ3) is 5.91. The van der Waals surface area contributed by atoms with Gasteiger partial charge in [0.15, 0.2) is 5.78 Å². The van der Waals surface area contributed by atoms with Crippen molar-refractivity contribution in [3.05, 3.63) is 24.8 Å². The van der Waals surface area contributed by atoms with Crippen LogP contribution >= 0.6 is 11.6 Å². The van der Waals surface area contributed by atoms with E-state index in [4.69, 9.17) is 23.1 Å². The summed E-state index contributed by atoms with van der Waals surface area (Å²) < 4.78 is 0. The highest BCUT2D eigenvalue weighted by molar-refractivity contribution is 6.29. The summed E-state index contributed by atoms with van der Waals surface area (Å²) in [7, 11) is 0. The van der Waals surface area contributed by atoms with Crippen molar-refractivity contribution < 1.29 is 4.79 Å². The molecule has 0 aliphatic heterocycles. The van der Waals surface area contributed by atoms with E-state index in [-0.39, 0.29) is 23.7 Å². The molecule has 0 radical (unpaired) electrons. The first kappa shape index (κ1) is 13.4. The lowest BCUT2D eigenvalue weighted by molar-refractivity contribution is -0.112. The number of allylic oxidation sites excluding steroid dienone is 1. The average Bonchev–Trinajstić information content (AvgIpc) is 2.17. The van der Waals surface area contributed by atoms with Crippen molar-refractivity contribution in [1.29, 1.82) is 0 Å². The second-order valence-electron chi connectivity index (χ2n) is 3.09. The van der Waals surface area contributed by atoms with Crippen LogP contribution in [0.15, 0.2) is 24.8 Å². The Balaban J connectivity index is 3.82. The van der Waals surface area contributed by atoms with Crippen LogP contribution in [0.25, 0.3) is 0 Å². The number of nitrogens with two attached hydrogens (primary N) is 2. The van der Waals surface area contributed by atoms with Gasteiger partial charge in [0.05, 0.1) is 5.88 Å². The standard InChI is InChI=1S/C10H17ClN2O/c1-2-4-9(12)10(13)6-3-5-8(14)7-11/h2-3,5,9-10H,1,4,6-7,12-13H2/b5-3+. The molecule has 0 aliphatic carbocycles. The number of ketones is 1. The highest BCUT2D eigenvalue weighted by Gasteiger charge is 2.09. The Labute approximate surface area is 89.8 Å². The molecule has 4 heteroatoms. The molecule has 0 aromatic heterocycles.